The highest BCUT2D eigenvalue weighted by atomic mass is 32.2. The normalized spacial score (nSPS) is 12.7. The van der Waals surface area contributed by atoms with Crippen molar-refractivity contribution in [2.24, 2.45) is 5.16 Å². The quantitative estimate of drug-likeness (QED) is 0.459. The van der Waals surface area contributed by atoms with Gasteiger partial charge >= 0.3 is 0 Å². The molecule has 112 valence electrons. The van der Waals surface area contributed by atoms with Crippen LogP contribution in [-0.4, -0.2) is 23.3 Å². The van der Waals surface area contributed by atoms with E-state index in [0.717, 1.165) is 5.39 Å². The molecular formula is C16H14N2O3S. The van der Waals surface area contributed by atoms with E-state index >= 15 is 0 Å². The van der Waals surface area contributed by atoms with Crippen molar-refractivity contribution in [1.82, 2.24) is 3.97 Å². The molecule has 1 heterocycles. The van der Waals surface area contributed by atoms with E-state index in [2.05, 4.69) is 5.16 Å². The SMILES string of the molecule is C/C(=N/O)c1cn(S(=O)(=O)c2ccccc2)c2ccccc12. The van der Waals surface area contributed by atoms with E-state index in [-0.39, 0.29) is 4.90 Å². The fraction of sp³-hybridized carbons (Fsp3) is 0.0625. The van der Waals surface area contributed by atoms with Crippen molar-refractivity contribution in [3.8, 4) is 0 Å². The van der Waals surface area contributed by atoms with Gasteiger partial charge in [0.15, 0.2) is 0 Å². The second-order valence-electron chi connectivity index (χ2n) is 4.86. The fourth-order valence-electron chi connectivity index (χ4n) is 2.40. The Labute approximate surface area is 128 Å². The molecule has 0 atom stereocenters. The second kappa shape index (κ2) is 5.31. The van der Waals surface area contributed by atoms with Gasteiger partial charge in [0.1, 0.15) is 0 Å². The largest absolute Gasteiger partial charge is 0.411 e. The molecule has 0 radical (unpaired) electrons. The molecule has 1 aromatic heterocycles. The molecule has 0 aliphatic rings. The first-order valence-corrected chi connectivity index (χ1v) is 8.09. The minimum absolute atomic E-state index is 0.209. The van der Waals surface area contributed by atoms with Crippen LogP contribution in [0.3, 0.4) is 0 Å². The van der Waals surface area contributed by atoms with Crippen LogP contribution >= 0.6 is 0 Å². The molecule has 3 aromatic rings. The summed E-state index contributed by atoms with van der Waals surface area (Å²) in [6.07, 6.45) is 1.49. The molecule has 0 aliphatic carbocycles. The highest BCUT2D eigenvalue weighted by molar-refractivity contribution is 7.90. The summed E-state index contributed by atoms with van der Waals surface area (Å²) in [6.45, 7) is 1.63. The summed E-state index contributed by atoms with van der Waals surface area (Å²) < 4.78 is 26.9. The number of hydrogen-bond acceptors (Lipinski definition) is 4. The van der Waals surface area contributed by atoms with Crippen LogP contribution in [0.5, 0.6) is 0 Å². The lowest BCUT2D eigenvalue weighted by atomic mass is 10.1. The molecule has 0 saturated carbocycles. The summed E-state index contributed by atoms with van der Waals surface area (Å²) in [4.78, 5) is 0.209. The number of aromatic nitrogens is 1. The minimum atomic E-state index is -3.71. The van der Waals surface area contributed by atoms with Gasteiger partial charge in [-0.2, -0.15) is 0 Å². The maximum atomic E-state index is 12.8. The van der Waals surface area contributed by atoms with E-state index in [1.165, 1.54) is 10.2 Å². The number of rotatable bonds is 3. The van der Waals surface area contributed by atoms with Crippen molar-refractivity contribution in [1.29, 1.82) is 0 Å². The molecule has 6 heteroatoms. The Hall–Kier alpha value is -2.60. The van der Waals surface area contributed by atoms with Crippen LogP contribution in [0, 0.1) is 0 Å². The molecule has 0 saturated heterocycles. The van der Waals surface area contributed by atoms with E-state index < -0.39 is 10.0 Å². The lowest BCUT2D eigenvalue weighted by molar-refractivity contribution is 0.319. The molecular weight excluding hydrogens is 300 g/mol. The molecule has 0 fully saturated rings. The Kier molecular flexibility index (Phi) is 3.46. The summed E-state index contributed by atoms with van der Waals surface area (Å²) in [7, 11) is -3.71. The Morgan fingerprint density at radius 1 is 1.05 bits per heavy atom. The van der Waals surface area contributed by atoms with Gasteiger partial charge in [-0.15, -0.1) is 0 Å². The zero-order valence-electron chi connectivity index (χ0n) is 11.8. The third-order valence-corrected chi connectivity index (χ3v) is 5.21. The van der Waals surface area contributed by atoms with Crippen molar-refractivity contribution >= 4 is 26.6 Å². The highest BCUT2D eigenvalue weighted by Gasteiger charge is 2.21. The van der Waals surface area contributed by atoms with Crippen LogP contribution in [0.25, 0.3) is 10.9 Å². The average molecular weight is 314 g/mol. The van der Waals surface area contributed by atoms with Crippen LogP contribution in [-0.2, 0) is 10.0 Å². The van der Waals surface area contributed by atoms with Gasteiger partial charge in [0, 0.05) is 17.1 Å². The molecule has 0 amide bonds. The van der Waals surface area contributed by atoms with E-state index in [1.807, 2.05) is 6.07 Å². The van der Waals surface area contributed by atoms with Gasteiger partial charge in [-0.3, -0.25) is 0 Å². The summed E-state index contributed by atoms with van der Waals surface area (Å²) in [5.74, 6) is 0. The lowest BCUT2D eigenvalue weighted by Crippen LogP contribution is -2.11. The van der Waals surface area contributed by atoms with Gasteiger partial charge in [0.25, 0.3) is 10.0 Å². The monoisotopic (exact) mass is 314 g/mol. The van der Waals surface area contributed by atoms with Gasteiger partial charge in [0.2, 0.25) is 0 Å². The number of para-hydroxylation sites is 1. The van der Waals surface area contributed by atoms with E-state index in [4.69, 9.17) is 5.21 Å². The van der Waals surface area contributed by atoms with Crippen molar-refractivity contribution in [3.63, 3.8) is 0 Å². The molecule has 0 aliphatic heterocycles. The van der Waals surface area contributed by atoms with Crippen LogP contribution in [0.1, 0.15) is 12.5 Å². The first kappa shape index (κ1) is 14.3. The summed E-state index contributed by atoms with van der Waals surface area (Å²) in [5.41, 5.74) is 1.49. The van der Waals surface area contributed by atoms with Crippen LogP contribution in [0.4, 0.5) is 0 Å². The number of hydrogen-bond donors (Lipinski definition) is 1. The topological polar surface area (TPSA) is 71.7 Å². The van der Waals surface area contributed by atoms with Gasteiger partial charge in [-0.25, -0.2) is 12.4 Å². The van der Waals surface area contributed by atoms with Crippen LogP contribution < -0.4 is 0 Å². The maximum absolute atomic E-state index is 12.8. The molecule has 0 bridgehead atoms. The lowest BCUT2D eigenvalue weighted by Gasteiger charge is -2.07. The first-order chi connectivity index (χ1) is 10.6. The van der Waals surface area contributed by atoms with Gasteiger partial charge in [-0.05, 0) is 25.1 Å². The Morgan fingerprint density at radius 2 is 1.68 bits per heavy atom. The zero-order chi connectivity index (χ0) is 15.7. The van der Waals surface area contributed by atoms with Crippen molar-refractivity contribution < 1.29 is 13.6 Å². The van der Waals surface area contributed by atoms with Gasteiger partial charge in [-0.1, -0.05) is 41.6 Å². The fourth-order valence-corrected chi connectivity index (χ4v) is 3.79. The molecule has 5 nitrogen and oxygen atoms in total. The van der Waals surface area contributed by atoms with Gasteiger partial charge < -0.3 is 5.21 Å². The highest BCUT2D eigenvalue weighted by Crippen LogP contribution is 2.26. The minimum Gasteiger partial charge on any atom is -0.411 e. The molecule has 22 heavy (non-hydrogen) atoms. The third-order valence-electron chi connectivity index (χ3n) is 3.52. The van der Waals surface area contributed by atoms with Crippen LogP contribution in [0.2, 0.25) is 0 Å². The first-order valence-electron chi connectivity index (χ1n) is 6.65. The van der Waals surface area contributed by atoms with Crippen LogP contribution in [0.15, 0.2) is 70.8 Å². The Bertz CT molecular complexity index is 957. The van der Waals surface area contributed by atoms with E-state index in [1.54, 1.807) is 55.5 Å². The second-order valence-corrected chi connectivity index (χ2v) is 6.67. The summed E-state index contributed by atoms with van der Waals surface area (Å²) in [6, 6.07) is 15.3. The maximum Gasteiger partial charge on any atom is 0.268 e. The molecule has 3 rings (SSSR count). The predicted molar refractivity (Wildman–Crippen MR) is 85.0 cm³/mol. The van der Waals surface area contributed by atoms with E-state index in [0.29, 0.717) is 16.8 Å². The zero-order valence-corrected chi connectivity index (χ0v) is 12.7. The molecule has 0 spiro atoms. The van der Waals surface area contributed by atoms with Gasteiger partial charge in [0.05, 0.1) is 16.1 Å². The van der Waals surface area contributed by atoms with Crippen molar-refractivity contribution in [3.05, 3.63) is 66.4 Å². The third kappa shape index (κ3) is 2.17. The number of nitrogens with zero attached hydrogens (tertiary/aromatic N) is 2. The number of benzene rings is 2. The van der Waals surface area contributed by atoms with E-state index in [9.17, 15) is 8.42 Å². The standard InChI is InChI=1S/C16H14N2O3S/c1-12(17-19)15-11-18(16-10-6-5-9-14(15)16)22(20,21)13-7-3-2-4-8-13/h2-11,19H,1H3/b17-12-. The predicted octanol–water partition coefficient (Wildman–Crippen LogP) is 3.08. The number of oxime groups is 1. The molecule has 1 N–H and O–H groups in total. The van der Waals surface area contributed by atoms with Crippen molar-refractivity contribution in [2.75, 3.05) is 0 Å². The Morgan fingerprint density at radius 3 is 2.36 bits per heavy atom. The smallest absolute Gasteiger partial charge is 0.268 e. The van der Waals surface area contributed by atoms with Crippen molar-refractivity contribution in [2.45, 2.75) is 11.8 Å². The molecule has 2 aromatic carbocycles. The average Bonchev–Trinajstić information content (AvgIpc) is 2.95. The Balaban J connectivity index is 2.33. The summed E-state index contributed by atoms with van der Waals surface area (Å²) in [5, 5.41) is 12.9. The number of fused-ring (bicyclic) bond motifs is 1. The molecule has 0 unspecified atom stereocenters. The summed E-state index contributed by atoms with van der Waals surface area (Å²) >= 11 is 0.